The summed E-state index contributed by atoms with van der Waals surface area (Å²) in [4.78, 5) is 24.0. The molecule has 2 rings (SSSR count). The Hall–Kier alpha value is -3.16. The lowest BCUT2D eigenvalue weighted by Gasteiger charge is -2.13. The van der Waals surface area contributed by atoms with Crippen LogP contribution in [0, 0.1) is 15.9 Å². The van der Waals surface area contributed by atoms with Gasteiger partial charge in [0.15, 0.2) is 6.61 Å². The minimum absolute atomic E-state index is 0.282. The number of ether oxygens (including phenoxy) is 1. The van der Waals surface area contributed by atoms with Crippen molar-refractivity contribution in [1.82, 2.24) is 5.32 Å². The summed E-state index contributed by atoms with van der Waals surface area (Å²) in [5.41, 5.74) is 1.54. The highest BCUT2D eigenvalue weighted by atomic mass is 19.1. The molecule has 0 aliphatic heterocycles. The highest BCUT2D eigenvalue weighted by molar-refractivity contribution is 5.77. The van der Waals surface area contributed by atoms with Gasteiger partial charge in [-0.05, 0) is 23.8 Å². The number of anilines is 1. The van der Waals surface area contributed by atoms with Gasteiger partial charge in [0.05, 0.1) is 4.92 Å². The summed E-state index contributed by atoms with van der Waals surface area (Å²) >= 11 is 0. The summed E-state index contributed by atoms with van der Waals surface area (Å²) in [5.74, 6) is -1.42. The number of nitro benzene ring substituents is 1. The molecule has 0 saturated heterocycles. The number of hydrogen-bond donors (Lipinski definition) is 1. The molecule has 8 heteroatoms. The van der Waals surface area contributed by atoms with Crippen LogP contribution in [0.1, 0.15) is 5.56 Å². The van der Waals surface area contributed by atoms with Crippen LogP contribution < -0.4 is 15.0 Å². The van der Waals surface area contributed by atoms with E-state index in [-0.39, 0.29) is 5.75 Å². The van der Waals surface area contributed by atoms with E-state index < -0.39 is 28.9 Å². The van der Waals surface area contributed by atoms with Crippen molar-refractivity contribution >= 4 is 17.3 Å². The molecule has 2 aromatic rings. The molecule has 0 saturated carbocycles. The molecule has 0 radical (unpaired) electrons. The van der Waals surface area contributed by atoms with E-state index in [0.717, 1.165) is 29.4 Å². The predicted molar refractivity (Wildman–Crippen MR) is 91.2 cm³/mol. The smallest absolute Gasteiger partial charge is 0.311 e. The van der Waals surface area contributed by atoms with Crippen molar-refractivity contribution in [2.45, 2.75) is 6.54 Å². The third kappa shape index (κ3) is 5.17. The zero-order valence-electron chi connectivity index (χ0n) is 13.9. The molecule has 0 aromatic heterocycles. The van der Waals surface area contributed by atoms with Crippen molar-refractivity contribution in [3.05, 3.63) is 64.0 Å². The molecule has 0 bridgehead atoms. The van der Waals surface area contributed by atoms with Gasteiger partial charge in [-0.2, -0.15) is 0 Å². The van der Waals surface area contributed by atoms with Crippen molar-refractivity contribution in [1.29, 1.82) is 0 Å². The molecule has 2 aromatic carbocycles. The first kappa shape index (κ1) is 18.2. The number of nitro groups is 1. The van der Waals surface area contributed by atoms with Gasteiger partial charge >= 0.3 is 5.69 Å². The topological polar surface area (TPSA) is 84.7 Å². The Morgan fingerprint density at radius 1 is 1.24 bits per heavy atom. The second-order valence-electron chi connectivity index (χ2n) is 5.50. The van der Waals surface area contributed by atoms with Crippen LogP contribution in [0.5, 0.6) is 5.75 Å². The first-order valence-corrected chi connectivity index (χ1v) is 7.46. The molecule has 1 amide bonds. The number of nitrogens with one attached hydrogen (secondary N) is 1. The van der Waals surface area contributed by atoms with Crippen LogP contribution >= 0.6 is 0 Å². The van der Waals surface area contributed by atoms with Gasteiger partial charge in [-0.25, -0.2) is 4.39 Å². The lowest BCUT2D eigenvalue weighted by molar-refractivity contribution is -0.385. The van der Waals surface area contributed by atoms with Gasteiger partial charge in [-0.3, -0.25) is 14.9 Å². The van der Waals surface area contributed by atoms with Crippen LogP contribution in [0.15, 0.2) is 42.5 Å². The molecule has 1 N–H and O–H groups in total. The Bertz CT molecular complexity index is 763. The Balaban J connectivity index is 1.89. The number of carbonyl (C=O) groups is 1. The Kier molecular flexibility index (Phi) is 5.89. The largest absolute Gasteiger partial charge is 0.477 e. The summed E-state index contributed by atoms with van der Waals surface area (Å²) in [6.45, 7) is -0.152. The third-order valence-electron chi connectivity index (χ3n) is 3.42. The summed E-state index contributed by atoms with van der Waals surface area (Å²) in [6, 6.07) is 10.5. The Labute approximate surface area is 144 Å². The van der Waals surface area contributed by atoms with Crippen LogP contribution in [-0.2, 0) is 11.3 Å². The normalized spacial score (nSPS) is 10.2. The molecule has 0 fully saturated rings. The van der Waals surface area contributed by atoms with Crippen molar-refractivity contribution in [2.75, 3.05) is 25.6 Å². The van der Waals surface area contributed by atoms with Gasteiger partial charge in [0.25, 0.3) is 5.91 Å². The van der Waals surface area contributed by atoms with E-state index in [4.69, 9.17) is 4.74 Å². The van der Waals surface area contributed by atoms with Gasteiger partial charge in [-0.15, -0.1) is 0 Å². The molecule has 0 aliphatic rings. The second kappa shape index (κ2) is 8.09. The van der Waals surface area contributed by atoms with Crippen molar-refractivity contribution in [3.8, 4) is 5.75 Å². The fourth-order valence-corrected chi connectivity index (χ4v) is 2.06. The number of hydrogen-bond acceptors (Lipinski definition) is 5. The van der Waals surface area contributed by atoms with E-state index in [1.165, 1.54) is 0 Å². The number of rotatable bonds is 7. The molecule has 0 unspecified atom stereocenters. The number of carbonyl (C=O) groups excluding carboxylic acids is 1. The highest BCUT2D eigenvalue weighted by Crippen LogP contribution is 2.27. The first-order chi connectivity index (χ1) is 11.9. The van der Waals surface area contributed by atoms with Gasteiger partial charge < -0.3 is 15.0 Å². The number of halogens is 1. The van der Waals surface area contributed by atoms with Crippen LogP contribution in [-0.4, -0.2) is 31.5 Å². The maximum absolute atomic E-state index is 13.2. The molecule has 7 nitrogen and oxygen atoms in total. The maximum Gasteiger partial charge on any atom is 0.311 e. The van der Waals surface area contributed by atoms with Gasteiger partial charge in [-0.1, -0.05) is 12.1 Å². The lowest BCUT2D eigenvalue weighted by atomic mass is 10.2. The molecule has 0 atom stereocenters. The van der Waals surface area contributed by atoms with E-state index in [2.05, 4.69) is 5.32 Å². The number of benzene rings is 2. The van der Waals surface area contributed by atoms with Gasteiger partial charge in [0.2, 0.25) is 5.75 Å². The molecular formula is C17H18FN3O4. The molecule has 0 spiro atoms. The SMILES string of the molecule is CN(C)c1ccc(CNC(=O)COc2cc(F)ccc2[N+](=O)[O-])cc1. The summed E-state index contributed by atoms with van der Waals surface area (Å²) in [7, 11) is 3.86. The van der Waals surface area contributed by atoms with E-state index in [9.17, 15) is 19.3 Å². The second-order valence-corrected chi connectivity index (χ2v) is 5.50. The molecule has 0 aliphatic carbocycles. The summed E-state index contributed by atoms with van der Waals surface area (Å²) < 4.78 is 18.3. The van der Waals surface area contributed by atoms with Gasteiger partial charge in [0, 0.05) is 38.5 Å². The monoisotopic (exact) mass is 347 g/mol. The zero-order valence-corrected chi connectivity index (χ0v) is 13.9. The third-order valence-corrected chi connectivity index (χ3v) is 3.42. The average Bonchev–Trinajstić information content (AvgIpc) is 2.58. The molecule has 25 heavy (non-hydrogen) atoms. The van der Waals surface area contributed by atoms with Crippen LogP contribution in [0.25, 0.3) is 0 Å². The highest BCUT2D eigenvalue weighted by Gasteiger charge is 2.17. The van der Waals surface area contributed by atoms with E-state index in [1.807, 2.05) is 43.3 Å². The van der Waals surface area contributed by atoms with Crippen LogP contribution in [0.4, 0.5) is 15.8 Å². The fourth-order valence-electron chi connectivity index (χ4n) is 2.06. The predicted octanol–water partition coefficient (Wildman–Crippen LogP) is 2.50. The molecule has 132 valence electrons. The number of nitrogens with zero attached hydrogens (tertiary/aromatic N) is 2. The standard InChI is InChI=1S/C17H18FN3O4/c1-20(2)14-6-3-12(4-7-14)10-19-17(22)11-25-16-9-13(18)5-8-15(16)21(23)24/h3-9H,10-11H2,1-2H3,(H,19,22). The van der Waals surface area contributed by atoms with Crippen molar-refractivity contribution < 1.29 is 18.8 Å². The molecular weight excluding hydrogens is 329 g/mol. The van der Waals surface area contributed by atoms with Crippen LogP contribution in [0.3, 0.4) is 0 Å². The maximum atomic E-state index is 13.2. The molecule has 0 heterocycles. The lowest BCUT2D eigenvalue weighted by Crippen LogP contribution is -2.28. The van der Waals surface area contributed by atoms with E-state index >= 15 is 0 Å². The van der Waals surface area contributed by atoms with E-state index in [0.29, 0.717) is 6.54 Å². The van der Waals surface area contributed by atoms with Crippen LogP contribution in [0.2, 0.25) is 0 Å². The van der Waals surface area contributed by atoms with Gasteiger partial charge in [0.1, 0.15) is 5.82 Å². The van der Waals surface area contributed by atoms with E-state index in [1.54, 1.807) is 0 Å². The zero-order chi connectivity index (χ0) is 18.4. The fraction of sp³-hybridized carbons (Fsp3) is 0.235. The minimum Gasteiger partial charge on any atom is -0.477 e. The Morgan fingerprint density at radius 2 is 1.92 bits per heavy atom. The quantitative estimate of drug-likeness (QED) is 0.614. The minimum atomic E-state index is -0.695. The van der Waals surface area contributed by atoms with Crippen molar-refractivity contribution in [3.63, 3.8) is 0 Å². The average molecular weight is 347 g/mol. The Morgan fingerprint density at radius 3 is 2.52 bits per heavy atom. The summed E-state index contributed by atoms with van der Waals surface area (Å²) in [6.07, 6.45) is 0. The first-order valence-electron chi connectivity index (χ1n) is 7.46. The number of amides is 1. The van der Waals surface area contributed by atoms with Crippen molar-refractivity contribution in [2.24, 2.45) is 0 Å². The summed E-state index contributed by atoms with van der Waals surface area (Å²) in [5, 5.41) is 13.5.